The van der Waals surface area contributed by atoms with E-state index in [9.17, 15) is 13.6 Å². The molecule has 0 saturated heterocycles. The summed E-state index contributed by atoms with van der Waals surface area (Å²) >= 11 is 11.2. The molecule has 3 nitrogen and oxygen atoms in total. The van der Waals surface area contributed by atoms with E-state index in [0.29, 0.717) is 0 Å². The summed E-state index contributed by atoms with van der Waals surface area (Å²) in [5.74, 6) is -6.37. The first kappa shape index (κ1) is 13.2. The highest BCUT2D eigenvalue weighted by molar-refractivity contribution is 6.34. The van der Waals surface area contributed by atoms with E-state index in [0.717, 1.165) is 12.1 Å². The first-order valence-corrected chi connectivity index (χ1v) is 4.83. The van der Waals surface area contributed by atoms with Crippen molar-refractivity contribution < 1.29 is 18.7 Å². The van der Waals surface area contributed by atoms with Gasteiger partial charge in [-0.3, -0.25) is 0 Å². The molecule has 0 amide bonds. The van der Waals surface area contributed by atoms with Crippen molar-refractivity contribution in [2.75, 3.05) is 0 Å². The Morgan fingerprint density at radius 3 is 2.12 bits per heavy atom. The number of alkyl halides is 2. The minimum absolute atomic E-state index is 0.110. The van der Waals surface area contributed by atoms with Crippen molar-refractivity contribution in [3.63, 3.8) is 0 Å². The summed E-state index contributed by atoms with van der Waals surface area (Å²) in [4.78, 5) is 10.3. The molecule has 0 aliphatic rings. The second-order valence-electron chi connectivity index (χ2n) is 3.11. The monoisotopic (exact) mass is 269 g/mol. The molecule has 1 aromatic rings. The predicted molar refractivity (Wildman–Crippen MR) is 56.0 cm³/mol. The van der Waals surface area contributed by atoms with E-state index >= 15 is 0 Å². The van der Waals surface area contributed by atoms with Crippen LogP contribution in [0.5, 0.6) is 0 Å². The van der Waals surface area contributed by atoms with Gasteiger partial charge in [0, 0.05) is 10.0 Å². The fourth-order valence-electron chi connectivity index (χ4n) is 1.10. The van der Waals surface area contributed by atoms with Crippen molar-refractivity contribution in [2.24, 2.45) is 5.73 Å². The van der Waals surface area contributed by atoms with Gasteiger partial charge in [-0.15, -0.1) is 0 Å². The maximum atomic E-state index is 13.1. The summed E-state index contributed by atoms with van der Waals surface area (Å²) in [6.07, 6.45) is 0. The second-order valence-corrected chi connectivity index (χ2v) is 3.98. The third-order valence-corrected chi connectivity index (χ3v) is 2.36. The van der Waals surface area contributed by atoms with E-state index in [2.05, 4.69) is 0 Å². The van der Waals surface area contributed by atoms with Crippen molar-refractivity contribution in [1.29, 1.82) is 0 Å². The van der Waals surface area contributed by atoms with Crippen LogP contribution in [0, 0.1) is 0 Å². The van der Waals surface area contributed by atoms with Crippen molar-refractivity contribution in [2.45, 2.75) is 12.0 Å². The zero-order chi connectivity index (χ0) is 12.5. The van der Waals surface area contributed by atoms with Gasteiger partial charge in [-0.1, -0.05) is 23.2 Å². The van der Waals surface area contributed by atoms with Gasteiger partial charge < -0.3 is 10.8 Å². The molecule has 0 bridgehead atoms. The summed E-state index contributed by atoms with van der Waals surface area (Å²) in [6, 6.07) is 1.63. The number of rotatable bonds is 3. The lowest BCUT2D eigenvalue weighted by Crippen LogP contribution is -2.40. The quantitative estimate of drug-likeness (QED) is 0.887. The first-order valence-electron chi connectivity index (χ1n) is 4.08. The molecule has 0 aliphatic heterocycles. The van der Waals surface area contributed by atoms with Crippen LogP contribution >= 0.6 is 23.2 Å². The number of aliphatic carboxylic acids is 1. The lowest BCUT2D eigenvalue weighted by Gasteiger charge is -2.19. The molecular formula is C9H7Cl2F2NO2. The summed E-state index contributed by atoms with van der Waals surface area (Å²) in [6.45, 7) is 0. The lowest BCUT2D eigenvalue weighted by molar-refractivity contribution is -0.168. The average molecular weight is 270 g/mol. The number of carboxylic acids is 1. The standard InChI is InChI=1S/C9H7Cl2F2NO2/c10-5-1-4(2-6(11)3-5)7(14)9(12,13)8(15)16/h1-3,7H,14H2,(H,15,16)/t7-/m0/s1. The SMILES string of the molecule is N[C@@H](c1cc(Cl)cc(Cl)c1)C(F)(F)C(=O)O. The lowest BCUT2D eigenvalue weighted by atomic mass is 10.0. The molecule has 16 heavy (non-hydrogen) atoms. The topological polar surface area (TPSA) is 63.3 Å². The highest BCUT2D eigenvalue weighted by atomic mass is 35.5. The van der Waals surface area contributed by atoms with Crippen molar-refractivity contribution in [3.05, 3.63) is 33.8 Å². The van der Waals surface area contributed by atoms with E-state index in [4.69, 9.17) is 34.0 Å². The largest absolute Gasteiger partial charge is 0.477 e. The van der Waals surface area contributed by atoms with Crippen LogP contribution in [0.3, 0.4) is 0 Å². The van der Waals surface area contributed by atoms with Gasteiger partial charge in [0.05, 0.1) is 0 Å². The molecule has 0 saturated carbocycles. The van der Waals surface area contributed by atoms with Crippen LogP contribution < -0.4 is 5.73 Å². The first-order chi connectivity index (χ1) is 7.25. The summed E-state index contributed by atoms with van der Waals surface area (Å²) in [5, 5.41) is 8.54. The van der Waals surface area contributed by atoms with Crippen LogP contribution in [0.1, 0.15) is 11.6 Å². The number of hydrogen-bond acceptors (Lipinski definition) is 2. The molecule has 3 N–H and O–H groups in total. The minimum Gasteiger partial charge on any atom is -0.477 e. The van der Waals surface area contributed by atoms with E-state index in [1.54, 1.807) is 0 Å². The van der Waals surface area contributed by atoms with Gasteiger partial charge in [0.1, 0.15) is 6.04 Å². The van der Waals surface area contributed by atoms with Crippen LogP contribution in [-0.4, -0.2) is 17.0 Å². The van der Waals surface area contributed by atoms with Gasteiger partial charge in [-0.25, -0.2) is 4.79 Å². The molecule has 88 valence electrons. The maximum Gasteiger partial charge on any atom is 0.376 e. The van der Waals surface area contributed by atoms with Gasteiger partial charge in [0.25, 0.3) is 0 Å². The molecule has 1 atom stereocenters. The Morgan fingerprint density at radius 1 is 1.31 bits per heavy atom. The highest BCUT2D eigenvalue weighted by Crippen LogP contribution is 2.32. The number of hydrogen-bond donors (Lipinski definition) is 2. The number of carbonyl (C=O) groups is 1. The van der Waals surface area contributed by atoms with Gasteiger partial charge in [-0.05, 0) is 23.8 Å². The highest BCUT2D eigenvalue weighted by Gasteiger charge is 2.46. The van der Waals surface area contributed by atoms with Crippen LogP contribution in [0.2, 0.25) is 10.0 Å². The molecule has 1 rings (SSSR count). The fourth-order valence-corrected chi connectivity index (χ4v) is 1.64. The molecule has 7 heteroatoms. The van der Waals surface area contributed by atoms with Crippen LogP contribution in [0.15, 0.2) is 18.2 Å². The summed E-state index contributed by atoms with van der Waals surface area (Å²) in [5.41, 5.74) is 5.03. The third-order valence-electron chi connectivity index (χ3n) is 1.92. The van der Waals surface area contributed by atoms with Gasteiger partial charge in [-0.2, -0.15) is 8.78 Å². The van der Waals surface area contributed by atoms with Crippen LogP contribution in [0.4, 0.5) is 8.78 Å². The molecule has 0 aromatic heterocycles. The minimum atomic E-state index is -4.08. The Morgan fingerprint density at radius 2 is 1.75 bits per heavy atom. The Bertz CT molecular complexity index is 406. The second kappa shape index (κ2) is 4.53. The zero-order valence-electron chi connectivity index (χ0n) is 7.75. The molecule has 1 aromatic carbocycles. The molecule has 0 heterocycles. The maximum absolute atomic E-state index is 13.1. The average Bonchev–Trinajstić information content (AvgIpc) is 2.14. The number of carboxylic acid groups (broad SMARTS) is 1. The van der Waals surface area contributed by atoms with Crippen LogP contribution in [-0.2, 0) is 4.79 Å². The smallest absolute Gasteiger partial charge is 0.376 e. The predicted octanol–water partition coefficient (Wildman–Crippen LogP) is 2.71. The molecule has 0 spiro atoms. The van der Waals surface area contributed by atoms with Gasteiger partial charge >= 0.3 is 11.9 Å². The van der Waals surface area contributed by atoms with E-state index < -0.39 is 17.9 Å². The fraction of sp³-hybridized carbons (Fsp3) is 0.222. The number of benzene rings is 1. The Kier molecular flexibility index (Phi) is 3.72. The molecule has 0 radical (unpaired) electrons. The summed E-state index contributed by atoms with van der Waals surface area (Å²) in [7, 11) is 0. The molecule has 0 aliphatic carbocycles. The van der Waals surface area contributed by atoms with E-state index in [-0.39, 0.29) is 15.6 Å². The van der Waals surface area contributed by atoms with Crippen molar-refractivity contribution >= 4 is 29.2 Å². The van der Waals surface area contributed by atoms with Crippen LogP contribution in [0.25, 0.3) is 0 Å². The number of nitrogens with two attached hydrogens (primary N) is 1. The molecule has 0 unspecified atom stereocenters. The Balaban J connectivity index is 3.14. The van der Waals surface area contributed by atoms with E-state index in [1.165, 1.54) is 6.07 Å². The Labute approximate surface area is 99.8 Å². The molecular weight excluding hydrogens is 263 g/mol. The van der Waals surface area contributed by atoms with Crippen molar-refractivity contribution in [1.82, 2.24) is 0 Å². The van der Waals surface area contributed by atoms with Gasteiger partial charge in [0.15, 0.2) is 0 Å². The van der Waals surface area contributed by atoms with E-state index in [1.807, 2.05) is 0 Å². The normalized spacial score (nSPS) is 13.6. The molecule has 0 fully saturated rings. The third kappa shape index (κ3) is 2.61. The summed E-state index contributed by atoms with van der Waals surface area (Å²) < 4.78 is 26.2. The van der Waals surface area contributed by atoms with Crippen molar-refractivity contribution in [3.8, 4) is 0 Å². The zero-order valence-corrected chi connectivity index (χ0v) is 9.27. The van der Waals surface area contributed by atoms with Gasteiger partial charge in [0.2, 0.25) is 0 Å². The Hall–Kier alpha value is -0.910. The number of halogens is 4.